The summed E-state index contributed by atoms with van der Waals surface area (Å²) >= 11 is 0. The molecule has 0 spiro atoms. The van der Waals surface area contributed by atoms with Crippen LogP contribution in [0.2, 0.25) is 0 Å². The van der Waals surface area contributed by atoms with Crippen LogP contribution in [-0.2, 0) is 11.3 Å². The van der Waals surface area contributed by atoms with Crippen molar-refractivity contribution in [3.63, 3.8) is 0 Å². The van der Waals surface area contributed by atoms with E-state index in [4.69, 9.17) is 19.3 Å². The maximum Gasteiger partial charge on any atom is 0.341 e. The molecule has 27 heavy (non-hydrogen) atoms. The molecule has 0 aliphatic heterocycles. The highest BCUT2D eigenvalue weighted by Crippen LogP contribution is 2.33. The lowest BCUT2D eigenvalue weighted by Crippen LogP contribution is -2.27. The highest BCUT2D eigenvalue weighted by atomic mass is 19.1. The summed E-state index contributed by atoms with van der Waals surface area (Å²) in [6.45, 7) is -0.232. The zero-order valence-corrected chi connectivity index (χ0v) is 15.2. The molecular formula is C19H20FNO6. The van der Waals surface area contributed by atoms with Crippen LogP contribution < -0.4 is 14.2 Å². The zero-order valence-electron chi connectivity index (χ0n) is 15.2. The number of methoxy groups -OCH3 is 2. The zero-order chi connectivity index (χ0) is 20.0. The molecule has 1 N–H and O–H groups in total. The van der Waals surface area contributed by atoms with Crippen molar-refractivity contribution < 1.29 is 33.3 Å². The monoisotopic (exact) mass is 377 g/mol. The first kappa shape index (κ1) is 20.0. The lowest BCUT2D eigenvalue weighted by Gasteiger charge is -2.20. The second kappa shape index (κ2) is 8.88. The normalized spacial score (nSPS) is 10.2. The molecule has 2 aromatic carbocycles. The number of hydrogen-bond acceptors (Lipinski definition) is 5. The van der Waals surface area contributed by atoms with Gasteiger partial charge in [0, 0.05) is 13.6 Å². The van der Waals surface area contributed by atoms with Crippen molar-refractivity contribution in [2.45, 2.75) is 6.54 Å². The Balaban J connectivity index is 2.15. The number of nitrogens with zero attached hydrogens (tertiary/aromatic N) is 1. The van der Waals surface area contributed by atoms with Crippen LogP contribution in [-0.4, -0.2) is 49.8 Å². The number of amides is 1. The molecule has 0 aliphatic rings. The molecular weight excluding hydrogens is 357 g/mol. The summed E-state index contributed by atoms with van der Waals surface area (Å²) in [7, 11) is 4.28. The number of carbonyl (C=O) groups excluding carboxylic acids is 1. The quantitative estimate of drug-likeness (QED) is 0.761. The Morgan fingerprint density at radius 2 is 1.74 bits per heavy atom. The topological polar surface area (TPSA) is 85.3 Å². The van der Waals surface area contributed by atoms with Crippen LogP contribution in [0.5, 0.6) is 17.2 Å². The van der Waals surface area contributed by atoms with Crippen molar-refractivity contribution in [1.29, 1.82) is 0 Å². The number of ether oxygens (including phenoxy) is 3. The van der Waals surface area contributed by atoms with Gasteiger partial charge in [0.25, 0.3) is 5.91 Å². The average molecular weight is 377 g/mol. The lowest BCUT2D eigenvalue weighted by atomic mass is 10.1. The Labute approximate surface area is 155 Å². The molecule has 0 aliphatic carbocycles. The van der Waals surface area contributed by atoms with Crippen LogP contribution in [0.15, 0.2) is 36.4 Å². The Morgan fingerprint density at radius 1 is 1.07 bits per heavy atom. The maximum atomic E-state index is 14.3. The average Bonchev–Trinajstić information content (AvgIpc) is 2.66. The van der Waals surface area contributed by atoms with Crippen LogP contribution in [0.4, 0.5) is 4.39 Å². The SMILES string of the molecule is COc1ccc(F)c(C(=O)N(C)Cc2ccc(OCC(=O)O)cc2)c1OC. The summed E-state index contributed by atoms with van der Waals surface area (Å²) in [6.07, 6.45) is 0. The first-order chi connectivity index (χ1) is 12.9. The molecule has 0 saturated carbocycles. The molecule has 0 heterocycles. The van der Waals surface area contributed by atoms with Gasteiger partial charge >= 0.3 is 5.97 Å². The van der Waals surface area contributed by atoms with E-state index in [0.29, 0.717) is 5.75 Å². The van der Waals surface area contributed by atoms with E-state index in [-0.39, 0.29) is 23.6 Å². The second-order valence-electron chi connectivity index (χ2n) is 5.65. The van der Waals surface area contributed by atoms with Crippen molar-refractivity contribution in [3.8, 4) is 17.2 Å². The third-order valence-corrected chi connectivity index (χ3v) is 3.76. The molecule has 0 aromatic heterocycles. The van der Waals surface area contributed by atoms with E-state index < -0.39 is 24.3 Å². The number of carboxylic acid groups (broad SMARTS) is 1. The summed E-state index contributed by atoms with van der Waals surface area (Å²) in [4.78, 5) is 24.6. The maximum absolute atomic E-state index is 14.3. The van der Waals surface area contributed by atoms with E-state index in [1.807, 2.05) is 0 Å². The minimum absolute atomic E-state index is 0.0340. The van der Waals surface area contributed by atoms with Crippen LogP contribution in [0.25, 0.3) is 0 Å². The van der Waals surface area contributed by atoms with Crippen molar-refractivity contribution in [1.82, 2.24) is 4.90 Å². The summed E-state index contributed by atoms with van der Waals surface area (Å²) in [5.74, 6) is -1.65. The molecule has 8 heteroatoms. The van der Waals surface area contributed by atoms with Crippen molar-refractivity contribution in [2.24, 2.45) is 0 Å². The highest BCUT2D eigenvalue weighted by molar-refractivity contribution is 5.98. The smallest absolute Gasteiger partial charge is 0.341 e. The van der Waals surface area contributed by atoms with Gasteiger partial charge in [-0.25, -0.2) is 9.18 Å². The molecule has 1 amide bonds. The summed E-state index contributed by atoms with van der Waals surface area (Å²) in [6, 6.07) is 9.13. The van der Waals surface area contributed by atoms with Gasteiger partial charge in [0.05, 0.1) is 14.2 Å². The highest BCUT2D eigenvalue weighted by Gasteiger charge is 2.24. The fourth-order valence-corrected chi connectivity index (χ4v) is 2.47. The predicted octanol–water partition coefficient (Wildman–Crippen LogP) is 2.58. The van der Waals surface area contributed by atoms with Crippen LogP contribution in [0, 0.1) is 5.82 Å². The molecule has 2 rings (SSSR count). The van der Waals surface area contributed by atoms with Crippen molar-refractivity contribution in [2.75, 3.05) is 27.9 Å². The Bertz CT molecular complexity index is 822. The third-order valence-electron chi connectivity index (χ3n) is 3.76. The first-order valence-corrected chi connectivity index (χ1v) is 7.96. The molecule has 0 bridgehead atoms. The molecule has 0 atom stereocenters. The van der Waals surface area contributed by atoms with E-state index in [0.717, 1.165) is 11.6 Å². The number of carboxylic acids is 1. The molecule has 7 nitrogen and oxygen atoms in total. The standard InChI is InChI=1S/C19H20FNO6/c1-21(10-12-4-6-13(7-5-12)27-11-16(22)23)19(24)17-14(20)8-9-15(25-2)18(17)26-3/h4-9H,10-11H2,1-3H3,(H,22,23). The van der Waals surface area contributed by atoms with E-state index in [2.05, 4.69) is 0 Å². The second-order valence-corrected chi connectivity index (χ2v) is 5.65. The van der Waals surface area contributed by atoms with Crippen molar-refractivity contribution >= 4 is 11.9 Å². The summed E-state index contributed by atoms with van der Waals surface area (Å²) in [5.41, 5.74) is 0.552. The first-order valence-electron chi connectivity index (χ1n) is 7.96. The predicted molar refractivity (Wildman–Crippen MR) is 94.9 cm³/mol. The molecule has 2 aromatic rings. The number of hydrogen-bond donors (Lipinski definition) is 1. The molecule has 0 unspecified atom stereocenters. The van der Waals surface area contributed by atoms with Crippen LogP contribution >= 0.6 is 0 Å². The molecule has 0 fully saturated rings. The van der Waals surface area contributed by atoms with E-state index >= 15 is 0 Å². The Morgan fingerprint density at radius 3 is 2.30 bits per heavy atom. The molecule has 0 radical (unpaired) electrons. The van der Waals surface area contributed by atoms with Gasteiger partial charge in [0.15, 0.2) is 18.1 Å². The van der Waals surface area contributed by atoms with E-state index in [9.17, 15) is 14.0 Å². The van der Waals surface area contributed by atoms with Gasteiger partial charge in [-0.1, -0.05) is 12.1 Å². The third kappa shape index (κ3) is 4.87. The largest absolute Gasteiger partial charge is 0.493 e. The van der Waals surface area contributed by atoms with E-state index in [1.165, 1.54) is 32.2 Å². The van der Waals surface area contributed by atoms with Gasteiger partial charge in [-0.15, -0.1) is 0 Å². The summed E-state index contributed by atoms with van der Waals surface area (Å²) in [5, 5.41) is 8.60. The number of benzene rings is 2. The Hall–Kier alpha value is -3.29. The van der Waals surface area contributed by atoms with Gasteiger partial charge < -0.3 is 24.2 Å². The summed E-state index contributed by atoms with van der Waals surface area (Å²) < 4.78 is 29.6. The van der Waals surface area contributed by atoms with Gasteiger partial charge in [0.2, 0.25) is 0 Å². The van der Waals surface area contributed by atoms with E-state index in [1.54, 1.807) is 24.3 Å². The number of halogens is 1. The molecule has 0 saturated heterocycles. The number of carbonyl (C=O) groups is 2. The van der Waals surface area contributed by atoms with Crippen LogP contribution in [0.3, 0.4) is 0 Å². The fourth-order valence-electron chi connectivity index (χ4n) is 2.47. The number of aliphatic carboxylic acids is 1. The van der Waals surface area contributed by atoms with Gasteiger partial charge in [0.1, 0.15) is 17.1 Å². The Kier molecular flexibility index (Phi) is 6.59. The number of rotatable bonds is 8. The fraction of sp³-hybridized carbons (Fsp3) is 0.263. The van der Waals surface area contributed by atoms with Crippen LogP contribution in [0.1, 0.15) is 15.9 Å². The minimum atomic E-state index is -1.07. The minimum Gasteiger partial charge on any atom is -0.493 e. The lowest BCUT2D eigenvalue weighted by molar-refractivity contribution is -0.139. The van der Waals surface area contributed by atoms with Gasteiger partial charge in [-0.3, -0.25) is 4.79 Å². The van der Waals surface area contributed by atoms with Gasteiger partial charge in [-0.05, 0) is 29.8 Å². The van der Waals surface area contributed by atoms with Gasteiger partial charge in [-0.2, -0.15) is 0 Å². The molecule has 144 valence electrons. The van der Waals surface area contributed by atoms with Crippen molar-refractivity contribution in [3.05, 3.63) is 53.3 Å².